The van der Waals surface area contributed by atoms with Gasteiger partial charge in [0.05, 0.1) is 11.5 Å². The summed E-state index contributed by atoms with van der Waals surface area (Å²) in [7, 11) is -3.59. The molecule has 1 aromatic rings. The van der Waals surface area contributed by atoms with Crippen molar-refractivity contribution in [1.82, 2.24) is 4.31 Å². The second kappa shape index (κ2) is 7.05. The van der Waals surface area contributed by atoms with E-state index in [1.165, 1.54) is 4.31 Å². The van der Waals surface area contributed by atoms with Crippen LogP contribution in [0, 0.1) is 18.8 Å². The van der Waals surface area contributed by atoms with Crippen molar-refractivity contribution in [1.29, 1.82) is 0 Å². The van der Waals surface area contributed by atoms with Gasteiger partial charge in [-0.3, -0.25) is 0 Å². The Morgan fingerprint density at radius 1 is 1.33 bits per heavy atom. The lowest BCUT2D eigenvalue weighted by molar-refractivity contribution is 0.148. The van der Waals surface area contributed by atoms with Crippen LogP contribution in [0.1, 0.15) is 17.5 Å². The van der Waals surface area contributed by atoms with Crippen LogP contribution in [0.15, 0.2) is 23.1 Å². The van der Waals surface area contributed by atoms with Crippen LogP contribution in [0.5, 0.6) is 0 Å². The minimum absolute atomic E-state index is 0.191. The van der Waals surface area contributed by atoms with E-state index >= 15 is 0 Å². The van der Waals surface area contributed by atoms with Crippen LogP contribution in [0.2, 0.25) is 0 Å². The Labute approximate surface area is 125 Å². The molecule has 0 unspecified atom stereocenters. The zero-order valence-electron chi connectivity index (χ0n) is 12.0. The molecular weight excluding hydrogens is 290 g/mol. The summed E-state index contributed by atoms with van der Waals surface area (Å²) in [5.74, 6) is 5.24. The molecule has 0 saturated carbocycles. The van der Waals surface area contributed by atoms with E-state index in [4.69, 9.17) is 9.84 Å². The number of ether oxygens (including phenoxy) is 1. The Balaban J connectivity index is 2.43. The van der Waals surface area contributed by atoms with Gasteiger partial charge >= 0.3 is 0 Å². The Morgan fingerprint density at radius 3 is 2.90 bits per heavy atom. The lowest BCUT2D eigenvalue weighted by Gasteiger charge is -2.20. The second-order valence-electron chi connectivity index (χ2n) is 4.83. The molecule has 0 radical (unpaired) electrons. The average Bonchev–Trinajstić information content (AvgIpc) is 2.74. The third kappa shape index (κ3) is 3.83. The molecule has 114 valence electrons. The highest BCUT2D eigenvalue weighted by molar-refractivity contribution is 7.89. The Kier molecular flexibility index (Phi) is 5.37. The second-order valence-corrected chi connectivity index (χ2v) is 6.74. The van der Waals surface area contributed by atoms with Crippen LogP contribution in [0.3, 0.4) is 0 Å². The molecular formula is C15H19NO4S. The molecule has 0 atom stereocenters. The van der Waals surface area contributed by atoms with Crippen molar-refractivity contribution in [2.45, 2.75) is 18.2 Å². The summed E-state index contributed by atoms with van der Waals surface area (Å²) in [4.78, 5) is 0.191. The fraction of sp³-hybridized carbons (Fsp3) is 0.467. The molecule has 21 heavy (non-hydrogen) atoms. The summed E-state index contributed by atoms with van der Waals surface area (Å²) < 4.78 is 32.3. The maximum atomic E-state index is 12.8. The van der Waals surface area contributed by atoms with E-state index in [0.717, 1.165) is 5.56 Å². The lowest BCUT2D eigenvalue weighted by atomic mass is 10.1. The molecule has 0 aromatic heterocycles. The van der Waals surface area contributed by atoms with Gasteiger partial charge in [-0.2, -0.15) is 4.31 Å². The van der Waals surface area contributed by atoms with Gasteiger partial charge in [0.25, 0.3) is 0 Å². The van der Waals surface area contributed by atoms with Crippen LogP contribution in [0.25, 0.3) is 0 Å². The van der Waals surface area contributed by atoms with E-state index in [9.17, 15) is 8.42 Å². The van der Waals surface area contributed by atoms with E-state index in [0.29, 0.717) is 38.3 Å². The molecule has 1 aliphatic heterocycles. The molecule has 0 bridgehead atoms. The number of aryl methyl sites for hydroxylation is 1. The van der Waals surface area contributed by atoms with Crippen LogP contribution >= 0.6 is 0 Å². The van der Waals surface area contributed by atoms with E-state index in [1.807, 2.05) is 6.92 Å². The van der Waals surface area contributed by atoms with Gasteiger partial charge in [0.1, 0.15) is 6.61 Å². The molecule has 1 saturated heterocycles. The predicted octanol–water partition coefficient (Wildman–Crippen LogP) is 0.750. The normalized spacial score (nSPS) is 16.9. The Bertz CT molecular complexity index is 650. The van der Waals surface area contributed by atoms with Crippen molar-refractivity contribution in [2.24, 2.45) is 0 Å². The maximum Gasteiger partial charge on any atom is 0.244 e. The van der Waals surface area contributed by atoms with Gasteiger partial charge in [-0.05, 0) is 31.0 Å². The number of nitrogens with zero attached hydrogens (tertiary/aromatic N) is 1. The van der Waals surface area contributed by atoms with Crippen molar-refractivity contribution in [3.63, 3.8) is 0 Å². The summed E-state index contributed by atoms with van der Waals surface area (Å²) in [5, 5.41) is 8.83. The van der Waals surface area contributed by atoms with Crippen LogP contribution in [-0.4, -0.2) is 50.7 Å². The fourth-order valence-electron chi connectivity index (χ4n) is 2.20. The Morgan fingerprint density at radius 2 is 2.14 bits per heavy atom. The maximum absolute atomic E-state index is 12.8. The zero-order valence-corrected chi connectivity index (χ0v) is 12.8. The largest absolute Gasteiger partial charge is 0.384 e. The van der Waals surface area contributed by atoms with Crippen molar-refractivity contribution in [3.8, 4) is 11.8 Å². The molecule has 1 aliphatic rings. The van der Waals surface area contributed by atoms with Gasteiger partial charge in [-0.25, -0.2) is 8.42 Å². The first-order valence-electron chi connectivity index (χ1n) is 6.84. The van der Waals surface area contributed by atoms with E-state index in [2.05, 4.69) is 11.8 Å². The molecule has 2 rings (SSSR count). The molecule has 0 amide bonds. The molecule has 1 fully saturated rings. The van der Waals surface area contributed by atoms with Gasteiger partial charge in [0.2, 0.25) is 10.0 Å². The summed E-state index contributed by atoms with van der Waals surface area (Å²) in [5.41, 5.74) is 1.35. The van der Waals surface area contributed by atoms with Gasteiger partial charge in [0, 0.05) is 25.3 Å². The SMILES string of the molecule is Cc1ccc(S(=O)(=O)N2CCCOCC2)c(C#CCO)c1. The first-order valence-corrected chi connectivity index (χ1v) is 8.28. The number of hydrogen-bond donors (Lipinski definition) is 1. The van der Waals surface area contributed by atoms with Gasteiger partial charge in [0.15, 0.2) is 0 Å². The standard InChI is InChI=1S/C15H19NO4S/c1-13-5-6-15(14(12-13)4-2-9-17)21(18,19)16-7-3-10-20-11-8-16/h5-6,12,17H,3,7-11H2,1H3. The van der Waals surface area contributed by atoms with E-state index in [-0.39, 0.29) is 11.5 Å². The number of sulfonamides is 1. The summed E-state index contributed by atoms with van der Waals surface area (Å²) >= 11 is 0. The Hall–Kier alpha value is -1.39. The fourth-order valence-corrected chi connectivity index (χ4v) is 3.79. The van der Waals surface area contributed by atoms with Gasteiger partial charge in [-0.1, -0.05) is 17.9 Å². The monoisotopic (exact) mass is 309 g/mol. The predicted molar refractivity (Wildman–Crippen MR) is 79.3 cm³/mol. The highest BCUT2D eigenvalue weighted by Gasteiger charge is 2.27. The van der Waals surface area contributed by atoms with Crippen LogP contribution in [-0.2, 0) is 14.8 Å². The number of aliphatic hydroxyl groups is 1. The first kappa shape index (κ1) is 16.0. The van der Waals surface area contributed by atoms with Crippen LogP contribution < -0.4 is 0 Å². The third-order valence-electron chi connectivity index (χ3n) is 3.24. The average molecular weight is 309 g/mol. The zero-order chi connectivity index (χ0) is 15.3. The number of aliphatic hydroxyl groups excluding tert-OH is 1. The molecule has 1 aromatic carbocycles. The highest BCUT2D eigenvalue weighted by Crippen LogP contribution is 2.22. The smallest absolute Gasteiger partial charge is 0.244 e. The highest BCUT2D eigenvalue weighted by atomic mass is 32.2. The van der Waals surface area contributed by atoms with Crippen molar-refractivity contribution >= 4 is 10.0 Å². The quantitative estimate of drug-likeness (QED) is 0.819. The summed E-state index contributed by atoms with van der Waals surface area (Å²) in [6.07, 6.45) is 0.683. The first-order chi connectivity index (χ1) is 10.1. The molecule has 1 N–H and O–H groups in total. The van der Waals surface area contributed by atoms with Crippen molar-refractivity contribution < 1.29 is 18.3 Å². The van der Waals surface area contributed by atoms with Crippen molar-refractivity contribution in [3.05, 3.63) is 29.3 Å². The minimum Gasteiger partial charge on any atom is -0.384 e. The molecule has 6 heteroatoms. The molecule has 1 heterocycles. The number of rotatable bonds is 2. The summed E-state index contributed by atoms with van der Waals surface area (Å²) in [6, 6.07) is 5.06. The number of hydrogen-bond acceptors (Lipinski definition) is 4. The van der Waals surface area contributed by atoms with Crippen LogP contribution in [0.4, 0.5) is 0 Å². The molecule has 0 aliphatic carbocycles. The lowest BCUT2D eigenvalue weighted by Crippen LogP contribution is -2.33. The van der Waals surface area contributed by atoms with E-state index < -0.39 is 10.0 Å². The summed E-state index contributed by atoms with van der Waals surface area (Å²) in [6.45, 7) is 3.36. The van der Waals surface area contributed by atoms with Gasteiger partial charge in [-0.15, -0.1) is 0 Å². The van der Waals surface area contributed by atoms with Gasteiger partial charge < -0.3 is 9.84 Å². The molecule has 0 spiro atoms. The number of benzene rings is 1. The minimum atomic E-state index is -3.59. The van der Waals surface area contributed by atoms with E-state index in [1.54, 1.807) is 18.2 Å². The third-order valence-corrected chi connectivity index (χ3v) is 5.19. The van der Waals surface area contributed by atoms with Crippen molar-refractivity contribution in [2.75, 3.05) is 32.9 Å². The molecule has 5 nitrogen and oxygen atoms in total. The topological polar surface area (TPSA) is 66.8 Å².